The van der Waals surface area contributed by atoms with Gasteiger partial charge in [0.05, 0.1) is 31.5 Å². The first-order valence-electron chi connectivity index (χ1n) is 6.93. The van der Waals surface area contributed by atoms with Crippen LogP contribution in [0, 0.1) is 10.1 Å². The maximum atomic E-state index is 11.8. The topological polar surface area (TPSA) is 89.0 Å². The molecule has 2 rings (SSSR count). The molecule has 1 aromatic carbocycles. The van der Waals surface area contributed by atoms with Gasteiger partial charge in [0, 0.05) is 30.7 Å². The molecule has 0 bridgehead atoms. The maximum absolute atomic E-state index is 11.8. The predicted octanol–water partition coefficient (Wildman–Crippen LogP) is -0.0820. The number of amides is 1. The fraction of sp³-hybridized carbons (Fsp3) is 0.429. The number of non-ortho nitro benzene ring substituents is 1. The standard InChI is InChI=1S/C14H18N4O3/c1-17-8-6-12(7-9-17)15-16-14(19)10-11-2-4-13(5-3-11)18(20)21/h2-5H,6-10H2,1H3,(H,16,19)/p+1. The fourth-order valence-electron chi connectivity index (χ4n) is 2.18. The van der Waals surface area contributed by atoms with E-state index in [0.29, 0.717) is 0 Å². The SMILES string of the molecule is C[NH+]1CCC(=NNC(=O)Cc2ccc([N+](=O)[O-])cc2)CC1. The van der Waals surface area contributed by atoms with Crippen molar-refractivity contribution in [2.75, 3.05) is 20.1 Å². The molecule has 7 heteroatoms. The molecular weight excluding hydrogens is 272 g/mol. The summed E-state index contributed by atoms with van der Waals surface area (Å²) >= 11 is 0. The van der Waals surface area contributed by atoms with E-state index in [4.69, 9.17) is 0 Å². The fourth-order valence-corrected chi connectivity index (χ4v) is 2.18. The second-order valence-electron chi connectivity index (χ2n) is 5.27. The van der Waals surface area contributed by atoms with Crippen LogP contribution < -0.4 is 10.3 Å². The lowest BCUT2D eigenvalue weighted by atomic mass is 10.1. The minimum Gasteiger partial charge on any atom is -0.337 e. The molecule has 0 radical (unpaired) electrons. The number of rotatable bonds is 4. The van der Waals surface area contributed by atoms with Crippen molar-refractivity contribution in [1.82, 2.24) is 5.43 Å². The van der Waals surface area contributed by atoms with Gasteiger partial charge in [-0.25, -0.2) is 5.43 Å². The first kappa shape index (κ1) is 15.1. The van der Waals surface area contributed by atoms with Crippen LogP contribution in [0.25, 0.3) is 0 Å². The Balaban J connectivity index is 1.84. The van der Waals surface area contributed by atoms with Gasteiger partial charge in [-0.15, -0.1) is 0 Å². The Labute approximate surface area is 122 Å². The van der Waals surface area contributed by atoms with Crippen molar-refractivity contribution >= 4 is 17.3 Å². The molecule has 0 atom stereocenters. The first-order valence-corrected chi connectivity index (χ1v) is 6.93. The van der Waals surface area contributed by atoms with Crippen molar-refractivity contribution in [3.8, 4) is 0 Å². The first-order chi connectivity index (χ1) is 10.0. The van der Waals surface area contributed by atoms with E-state index < -0.39 is 4.92 Å². The molecule has 0 saturated carbocycles. The summed E-state index contributed by atoms with van der Waals surface area (Å²) in [4.78, 5) is 23.3. The maximum Gasteiger partial charge on any atom is 0.269 e. The van der Waals surface area contributed by atoms with Gasteiger partial charge in [0.2, 0.25) is 5.91 Å². The molecule has 1 heterocycles. The zero-order valence-electron chi connectivity index (χ0n) is 12.0. The van der Waals surface area contributed by atoms with E-state index in [1.165, 1.54) is 17.0 Å². The van der Waals surface area contributed by atoms with E-state index >= 15 is 0 Å². The average Bonchev–Trinajstić information content (AvgIpc) is 2.47. The van der Waals surface area contributed by atoms with E-state index in [1.54, 1.807) is 12.1 Å². The molecule has 0 spiro atoms. The molecule has 0 unspecified atom stereocenters. The van der Waals surface area contributed by atoms with Gasteiger partial charge in [-0.2, -0.15) is 5.10 Å². The Morgan fingerprint density at radius 2 is 1.95 bits per heavy atom. The highest BCUT2D eigenvalue weighted by atomic mass is 16.6. The Kier molecular flexibility index (Phi) is 4.99. The number of nitro groups is 1. The zero-order valence-corrected chi connectivity index (χ0v) is 12.0. The van der Waals surface area contributed by atoms with Crippen LogP contribution in [-0.4, -0.2) is 36.7 Å². The number of likely N-dealkylation sites (tertiary alicyclic amines) is 1. The Hall–Kier alpha value is -2.28. The largest absolute Gasteiger partial charge is 0.337 e. The second-order valence-corrected chi connectivity index (χ2v) is 5.27. The van der Waals surface area contributed by atoms with Crippen LogP contribution in [0.2, 0.25) is 0 Å². The van der Waals surface area contributed by atoms with Gasteiger partial charge >= 0.3 is 0 Å². The zero-order chi connectivity index (χ0) is 15.2. The third-order valence-corrected chi connectivity index (χ3v) is 3.53. The van der Waals surface area contributed by atoms with Crippen LogP contribution in [0.1, 0.15) is 18.4 Å². The number of hydrogen-bond donors (Lipinski definition) is 2. The number of nitrogens with one attached hydrogen (secondary N) is 2. The summed E-state index contributed by atoms with van der Waals surface area (Å²) in [6, 6.07) is 5.97. The Bertz CT molecular complexity index is 544. The molecule has 21 heavy (non-hydrogen) atoms. The highest BCUT2D eigenvalue weighted by Gasteiger charge is 2.14. The smallest absolute Gasteiger partial charge is 0.269 e. The molecule has 1 fully saturated rings. The number of hydrogen-bond acceptors (Lipinski definition) is 4. The van der Waals surface area contributed by atoms with Crippen molar-refractivity contribution < 1.29 is 14.6 Å². The normalized spacial score (nSPS) is 18.1. The highest BCUT2D eigenvalue weighted by Crippen LogP contribution is 2.12. The van der Waals surface area contributed by atoms with Crippen LogP contribution in [0.15, 0.2) is 29.4 Å². The minimum absolute atomic E-state index is 0.0215. The third kappa shape index (κ3) is 4.64. The summed E-state index contributed by atoms with van der Waals surface area (Å²) in [5.41, 5.74) is 4.33. The third-order valence-electron chi connectivity index (χ3n) is 3.53. The summed E-state index contributed by atoms with van der Waals surface area (Å²) in [5.74, 6) is -0.206. The van der Waals surface area contributed by atoms with Gasteiger partial charge in [-0.1, -0.05) is 12.1 Å². The van der Waals surface area contributed by atoms with E-state index in [2.05, 4.69) is 17.6 Å². The summed E-state index contributed by atoms with van der Waals surface area (Å²) in [6.07, 6.45) is 1.98. The molecule has 1 aromatic rings. The van der Waals surface area contributed by atoms with Crippen molar-refractivity contribution in [1.29, 1.82) is 0 Å². The number of carbonyl (C=O) groups excluding carboxylic acids is 1. The van der Waals surface area contributed by atoms with Crippen LogP contribution in [0.4, 0.5) is 5.69 Å². The Morgan fingerprint density at radius 1 is 1.33 bits per heavy atom. The van der Waals surface area contributed by atoms with Crippen molar-refractivity contribution in [3.63, 3.8) is 0 Å². The molecular formula is C14H19N4O3+. The van der Waals surface area contributed by atoms with Crippen molar-refractivity contribution in [2.45, 2.75) is 19.3 Å². The van der Waals surface area contributed by atoms with Crippen LogP contribution in [0.5, 0.6) is 0 Å². The molecule has 1 amide bonds. The molecule has 112 valence electrons. The van der Waals surface area contributed by atoms with Crippen molar-refractivity contribution in [3.05, 3.63) is 39.9 Å². The van der Waals surface area contributed by atoms with E-state index in [9.17, 15) is 14.9 Å². The monoisotopic (exact) mass is 291 g/mol. The number of benzene rings is 1. The van der Waals surface area contributed by atoms with E-state index in [-0.39, 0.29) is 18.0 Å². The molecule has 1 saturated heterocycles. The molecule has 0 aliphatic carbocycles. The molecule has 2 N–H and O–H groups in total. The molecule has 7 nitrogen and oxygen atoms in total. The number of hydrazone groups is 1. The van der Waals surface area contributed by atoms with Crippen LogP contribution >= 0.6 is 0 Å². The van der Waals surface area contributed by atoms with Gasteiger partial charge in [-0.05, 0) is 5.56 Å². The van der Waals surface area contributed by atoms with E-state index in [0.717, 1.165) is 37.2 Å². The summed E-state index contributed by atoms with van der Waals surface area (Å²) in [6.45, 7) is 2.08. The van der Waals surface area contributed by atoms with Gasteiger partial charge in [0.25, 0.3) is 5.69 Å². The lowest BCUT2D eigenvalue weighted by molar-refractivity contribution is -0.880. The Morgan fingerprint density at radius 3 is 2.52 bits per heavy atom. The summed E-state index contributed by atoms with van der Waals surface area (Å²) in [5, 5.41) is 14.7. The number of nitro benzene ring substituents is 1. The number of carbonyl (C=O) groups is 1. The second kappa shape index (κ2) is 6.94. The predicted molar refractivity (Wildman–Crippen MR) is 78.2 cm³/mol. The molecule has 0 aromatic heterocycles. The van der Waals surface area contributed by atoms with Gasteiger partial charge in [-0.3, -0.25) is 14.9 Å². The summed E-state index contributed by atoms with van der Waals surface area (Å²) in [7, 11) is 2.14. The van der Waals surface area contributed by atoms with Crippen LogP contribution in [0.3, 0.4) is 0 Å². The lowest BCUT2D eigenvalue weighted by Crippen LogP contribution is -3.10. The minimum atomic E-state index is -0.460. The lowest BCUT2D eigenvalue weighted by Gasteiger charge is -2.20. The quantitative estimate of drug-likeness (QED) is 0.600. The van der Waals surface area contributed by atoms with Crippen LogP contribution in [-0.2, 0) is 11.2 Å². The number of quaternary nitrogens is 1. The molecule has 1 aliphatic heterocycles. The number of piperidine rings is 1. The van der Waals surface area contributed by atoms with E-state index in [1.807, 2.05) is 0 Å². The van der Waals surface area contributed by atoms with Crippen molar-refractivity contribution in [2.24, 2.45) is 5.10 Å². The van der Waals surface area contributed by atoms with Gasteiger partial charge in [0.15, 0.2) is 0 Å². The van der Waals surface area contributed by atoms with Gasteiger partial charge in [0.1, 0.15) is 0 Å². The molecule has 1 aliphatic rings. The number of nitrogens with zero attached hydrogens (tertiary/aromatic N) is 2. The highest BCUT2D eigenvalue weighted by molar-refractivity contribution is 5.87. The average molecular weight is 291 g/mol. The van der Waals surface area contributed by atoms with Gasteiger partial charge < -0.3 is 4.90 Å². The summed E-state index contributed by atoms with van der Waals surface area (Å²) < 4.78 is 0.